The zero-order valence-corrected chi connectivity index (χ0v) is 16.7. The number of benzene rings is 2. The van der Waals surface area contributed by atoms with E-state index in [9.17, 15) is 14.0 Å². The first kappa shape index (κ1) is 19.4. The third kappa shape index (κ3) is 3.06. The van der Waals surface area contributed by atoms with Gasteiger partial charge in [-0.1, -0.05) is 12.1 Å². The normalized spacial score (nSPS) is 17.3. The van der Waals surface area contributed by atoms with Crippen LogP contribution in [0.2, 0.25) is 0 Å². The molecule has 1 aliphatic heterocycles. The SMILES string of the molecule is COC(=O)[C@@H](N)Cc1ccc(N2C(=O)C3(CC3)c3cc(F)c(N(C)C)cc32)cc1. The molecule has 1 aliphatic carbocycles. The molecule has 1 spiro atoms. The fraction of sp³-hybridized carbons (Fsp3) is 0.364. The average Bonchev–Trinajstić information content (AvgIpc) is 3.47. The number of carbonyl (C=O) groups is 2. The van der Waals surface area contributed by atoms with E-state index >= 15 is 0 Å². The Labute approximate surface area is 169 Å². The summed E-state index contributed by atoms with van der Waals surface area (Å²) in [5.41, 5.74) is 8.76. The number of halogens is 1. The van der Waals surface area contributed by atoms with E-state index in [0.717, 1.165) is 29.7 Å². The number of nitrogens with zero attached hydrogens (tertiary/aromatic N) is 2. The molecule has 0 unspecified atom stereocenters. The molecule has 1 fully saturated rings. The van der Waals surface area contributed by atoms with E-state index in [1.165, 1.54) is 13.2 Å². The van der Waals surface area contributed by atoms with Gasteiger partial charge in [-0.2, -0.15) is 0 Å². The van der Waals surface area contributed by atoms with Crippen LogP contribution in [-0.2, 0) is 26.2 Å². The largest absolute Gasteiger partial charge is 0.468 e. The zero-order valence-electron chi connectivity index (χ0n) is 16.7. The van der Waals surface area contributed by atoms with Crippen molar-refractivity contribution in [3.8, 4) is 0 Å². The van der Waals surface area contributed by atoms with Gasteiger partial charge in [0, 0.05) is 19.8 Å². The van der Waals surface area contributed by atoms with Crippen molar-refractivity contribution in [3.05, 3.63) is 53.3 Å². The van der Waals surface area contributed by atoms with Crippen LogP contribution in [0.1, 0.15) is 24.0 Å². The number of ether oxygens (including phenoxy) is 1. The van der Waals surface area contributed by atoms with Gasteiger partial charge in [-0.25, -0.2) is 4.39 Å². The van der Waals surface area contributed by atoms with Gasteiger partial charge >= 0.3 is 5.97 Å². The maximum Gasteiger partial charge on any atom is 0.322 e. The van der Waals surface area contributed by atoms with Crippen molar-refractivity contribution >= 4 is 28.9 Å². The summed E-state index contributed by atoms with van der Waals surface area (Å²) in [6, 6.07) is 9.89. The highest BCUT2D eigenvalue weighted by atomic mass is 19.1. The molecule has 2 N–H and O–H groups in total. The number of nitrogens with two attached hydrogens (primary N) is 1. The minimum atomic E-state index is -0.736. The molecule has 2 aromatic carbocycles. The standard InChI is InChI=1S/C22H24FN3O3/c1-25(2)19-12-18-15(11-16(19)23)22(8-9-22)21(28)26(18)14-6-4-13(5-7-14)10-17(24)20(27)29-3/h4-7,11-12,17H,8-10,24H2,1-3H3/t17-/m0/s1. The van der Waals surface area contributed by atoms with Crippen LogP contribution in [-0.4, -0.2) is 39.1 Å². The van der Waals surface area contributed by atoms with Crippen molar-refractivity contribution in [2.24, 2.45) is 5.73 Å². The summed E-state index contributed by atoms with van der Waals surface area (Å²) in [6.07, 6.45) is 1.82. The van der Waals surface area contributed by atoms with Crippen molar-refractivity contribution in [1.82, 2.24) is 0 Å². The molecular weight excluding hydrogens is 373 g/mol. The molecule has 0 aromatic heterocycles. The summed E-state index contributed by atoms with van der Waals surface area (Å²) >= 11 is 0. The Kier molecular flexibility index (Phi) is 4.58. The fourth-order valence-electron chi connectivity index (χ4n) is 4.03. The van der Waals surface area contributed by atoms with Crippen molar-refractivity contribution in [3.63, 3.8) is 0 Å². The lowest BCUT2D eigenvalue weighted by Gasteiger charge is -2.21. The highest BCUT2D eigenvalue weighted by Crippen LogP contribution is 2.59. The van der Waals surface area contributed by atoms with E-state index < -0.39 is 17.4 Å². The lowest BCUT2D eigenvalue weighted by molar-refractivity contribution is -0.142. The first-order valence-corrected chi connectivity index (χ1v) is 9.57. The van der Waals surface area contributed by atoms with Gasteiger partial charge in [0.05, 0.1) is 23.9 Å². The number of fused-ring (bicyclic) bond motifs is 2. The number of amides is 1. The summed E-state index contributed by atoms with van der Waals surface area (Å²) in [7, 11) is 4.86. The number of esters is 1. The Morgan fingerprint density at radius 2 is 1.93 bits per heavy atom. The number of anilines is 3. The Morgan fingerprint density at radius 3 is 2.48 bits per heavy atom. The third-order valence-corrected chi connectivity index (χ3v) is 5.82. The van der Waals surface area contributed by atoms with Crippen LogP contribution in [0.15, 0.2) is 36.4 Å². The smallest absolute Gasteiger partial charge is 0.322 e. The first-order chi connectivity index (χ1) is 13.8. The lowest BCUT2D eigenvalue weighted by Crippen LogP contribution is -2.33. The van der Waals surface area contributed by atoms with E-state index in [4.69, 9.17) is 5.73 Å². The summed E-state index contributed by atoms with van der Waals surface area (Å²) in [4.78, 5) is 28.2. The second-order valence-corrected chi connectivity index (χ2v) is 7.94. The molecule has 0 saturated heterocycles. The highest BCUT2D eigenvalue weighted by Gasteiger charge is 2.59. The number of rotatable bonds is 5. The van der Waals surface area contributed by atoms with Crippen LogP contribution in [0, 0.1) is 5.82 Å². The zero-order chi connectivity index (χ0) is 20.9. The molecule has 29 heavy (non-hydrogen) atoms. The van der Waals surface area contributed by atoms with Crippen LogP contribution in [0.5, 0.6) is 0 Å². The van der Waals surface area contributed by atoms with Crippen LogP contribution in [0.25, 0.3) is 0 Å². The molecule has 0 radical (unpaired) electrons. The molecular formula is C22H24FN3O3. The molecule has 2 aliphatic rings. The van der Waals surface area contributed by atoms with Crippen molar-refractivity contribution in [2.45, 2.75) is 30.7 Å². The van der Waals surface area contributed by atoms with E-state index in [2.05, 4.69) is 4.74 Å². The molecule has 4 rings (SSSR count). The van der Waals surface area contributed by atoms with Crippen LogP contribution in [0.4, 0.5) is 21.5 Å². The minimum absolute atomic E-state index is 0.0122. The molecule has 1 amide bonds. The van der Waals surface area contributed by atoms with E-state index in [1.54, 1.807) is 30.0 Å². The molecule has 2 aromatic rings. The van der Waals surface area contributed by atoms with E-state index in [1.807, 2.05) is 24.3 Å². The van der Waals surface area contributed by atoms with Crippen molar-refractivity contribution in [2.75, 3.05) is 31.0 Å². The van der Waals surface area contributed by atoms with Gasteiger partial charge < -0.3 is 15.4 Å². The van der Waals surface area contributed by atoms with E-state index in [0.29, 0.717) is 17.8 Å². The molecule has 6 nitrogen and oxygen atoms in total. The van der Waals surface area contributed by atoms with Crippen molar-refractivity contribution in [1.29, 1.82) is 0 Å². The van der Waals surface area contributed by atoms with Crippen molar-refractivity contribution < 1.29 is 18.7 Å². The predicted octanol–water partition coefficient (Wildman–Crippen LogP) is 2.64. The summed E-state index contributed by atoms with van der Waals surface area (Å²) in [5.74, 6) is -0.796. The van der Waals surface area contributed by atoms with Crippen LogP contribution < -0.4 is 15.5 Å². The predicted molar refractivity (Wildman–Crippen MR) is 109 cm³/mol. The maximum absolute atomic E-state index is 14.6. The summed E-state index contributed by atoms with van der Waals surface area (Å²) in [6.45, 7) is 0. The summed E-state index contributed by atoms with van der Waals surface area (Å²) in [5, 5.41) is 0. The second kappa shape index (κ2) is 6.84. The number of hydrogen-bond donors (Lipinski definition) is 1. The molecule has 1 saturated carbocycles. The number of methoxy groups -OCH3 is 1. The van der Waals surface area contributed by atoms with Gasteiger partial charge in [-0.05, 0) is 54.7 Å². The van der Waals surface area contributed by atoms with Crippen LogP contribution in [0.3, 0.4) is 0 Å². The molecule has 1 atom stereocenters. The Bertz CT molecular complexity index is 984. The van der Waals surface area contributed by atoms with Gasteiger partial charge in [-0.15, -0.1) is 0 Å². The number of carbonyl (C=O) groups excluding carboxylic acids is 2. The lowest BCUT2D eigenvalue weighted by atomic mass is 9.97. The Morgan fingerprint density at radius 1 is 1.28 bits per heavy atom. The van der Waals surface area contributed by atoms with Gasteiger partial charge in [0.15, 0.2) is 0 Å². The third-order valence-electron chi connectivity index (χ3n) is 5.82. The minimum Gasteiger partial charge on any atom is -0.468 e. The molecule has 0 bridgehead atoms. The van der Waals surface area contributed by atoms with Gasteiger partial charge in [0.2, 0.25) is 5.91 Å². The Hall–Kier alpha value is -2.93. The summed E-state index contributed by atoms with van der Waals surface area (Å²) < 4.78 is 19.2. The highest BCUT2D eigenvalue weighted by molar-refractivity contribution is 6.15. The maximum atomic E-state index is 14.6. The molecule has 152 valence electrons. The Balaban J connectivity index is 1.69. The monoisotopic (exact) mass is 397 g/mol. The van der Waals surface area contributed by atoms with Gasteiger partial charge in [0.1, 0.15) is 11.9 Å². The van der Waals surface area contributed by atoms with Gasteiger partial charge in [-0.3, -0.25) is 14.5 Å². The van der Waals surface area contributed by atoms with E-state index in [-0.39, 0.29) is 11.7 Å². The first-order valence-electron chi connectivity index (χ1n) is 9.57. The molecule has 1 heterocycles. The van der Waals surface area contributed by atoms with Crippen LogP contribution >= 0.6 is 0 Å². The second-order valence-electron chi connectivity index (χ2n) is 7.94. The molecule has 7 heteroatoms. The number of hydrogen-bond acceptors (Lipinski definition) is 5. The quantitative estimate of drug-likeness (QED) is 0.785. The average molecular weight is 397 g/mol. The van der Waals surface area contributed by atoms with Gasteiger partial charge in [0.25, 0.3) is 0 Å². The fourth-order valence-corrected chi connectivity index (χ4v) is 4.03. The topological polar surface area (TPSA) is 75.9 Å².